The van der Waals surface area contributed by atoms with Gasteiger partial charge in [-0.05, 0) is 0 Å². The minimum atomic E-state index is 0. The van der Waals surface area contributed by atoms with Crippen LogP contribution in [-0.2, 0) is 0 Å². The lowest BCUT2D eigenvalue weighted by molar-refractivity contribution is -0.595. The van der Waals surface area contributed by atoms with E-state index in [1.165, 1.54) is 0 Å². The predicted molar refractivity (Wildman–Crippen MR) is 45.8 cm³/mol. The van der Waals surface area contributed by atoms with Crippen molar-refractivity contribution in [1.29, 1.82) is 0 Å². The Bertz CT molecular complexity index is 310. The van der Waals surface area contributed by atoms with Crippen molar-refractivity contribution in [2.45, 2.75) is 0 Å². The van der Waals surface area contributed by atoms with Gasteiger partial charge in [-0.25, -0.2) is 0 Å². The Morgan fingerprint density at radius 2 is 1.54 bits per heavy atom. The minimum absolute atomic E-state index is 0. The molecule has 0 spiro atoms. The van der Waals surface area contributed by atoms with Crippen LogP contribution in [0.2, 0.25) is 0 Å². The Balaban J connectivity index is 0.000000845. The van der Waals surface area contributed by atoms with E-state index in [2.05, 4.69) is 4.98 Å². The zero-order valence-corrected chi connectivity index (χ0v) is 9.13. The molecule has 0 unspecified atom stereocenters. The molecule has 66 valence electrons. The minimum Gasteiger partial charge on any atom is -1.00 e. The molecule has 3 heteroatoms. The van der Waals surface area contributed by atoms with Crippen LogP contribution in [0.25, 0.3) is 5.69 Å². The van der Waals surface area contributed by atoms with E-state index in [1.807, 2.05) is 47.3 Å². The molecule has 13 heavy (non-hydrogen) atoms. The summed E-state index contributed by atoms with van der Waals surface area (Å²) in [7, 11) is 0. The third-order valence-corrected chi connectivity index (χ3v) is 1.68. The summed E-state index contributed by atoms with van der Waals surface area (Å²) in [5.41, 5.74) is 1.13. The molecule has 0 aliphatic carbocycles. The van der Waals surface area contributed by atoms with Crippen molar-refractivity contribution in [1.82, 2.24) is 4.98 Å². The topological polar surface area (TPSA) is 16.8 Å². The average Bonchev–Trinajstić information content (AvgIpc) is 2.21. The van der Waals surface area contributed by atoms with Gasteiger partial charge in [0.15, 0.2) is 12.4 Å². The maximum absolute atomic E-state index is 3.96. The van der Waals surface area contributed by atoms with Crippen LogP contribution in [0.4, 0.5) is 0 Å². The van der Waals surface area contributed by atoms with Crippen LogP contribution in [0, 0.1) is 0 Å². The number of hydrogen-bond acceptors (Lipinski definition) is 1. The molecule has 2 rings (SSSR count). The molecule has 0 amide bonds. The fourth-order valence-electron chi connectivity index (χ4n) is 1.09. The van der Waals surface area contributed by atoms with Gasteiger partial charge < -0.3 is 24.0 Å². The molecule has 0 bridgehead atoms. The van der Waals surface area contributed by atoms with Crippen molar-refractivity contribution in [3.63, 3.8) is 0 Å². The van der Waals surface area contributed by atoms with Crippen LogP contribution >= 0.6 is 0 Å². The van der Waals surface area contributed by atoms with E-state index in [0.717, 1.165) is 5.69 Å². The maximum Gasteiger partial charge on any atom is 0.213 e. The number of aromatic nitrogens is 2. The summed E-state index contributed by atoms with van der Waals surface area (Å²) >= 11 is 0. The summed E-state index contributed by atoms with van der Waals surface area (Å²) in [6, 6.07) is 9.94. The number of pyridine rings is 2. The highest BCUT2D eigenvalue weighted by molar-refractivity contribution is 5.17. The fourth-order valence-corrected chi connectivity index (χ4v) is 1.09. The molecule has 2 nitrogen and oxygen atoms in total. The molecule has 0 aliphatic heterocycles. The molecule has 0 N–H and O–H groups in total. The van der Waals surface area contributed by atoms with E-state index < -0.39 is 0 Å². The third-order valence-electron chi connectivity index (χ3n) is 1.68. The van der Waals surface area contributed by atoms with Crippen LogP contribution < -0.4 is 28.5 Å². The summed E-state index contributed by atoms with van der Waals surface area (Å²) in [5.74, 6) is 0. The van der Waals surface area contributed by atoms with E-state index in [1.54, 1.807) is 12.4 Å². The first kappa shape index (κ1) is 10.1. The van der Waals surface area contributed by atoms with Crippen LogP contribution in [0.3, 0.4) is 0 Å². The Hall–Kier alpha value is -0.970. The third kappa shape index (κ3) is 2.48. The van der Waals surface area contributed by atoms with Crippen molar-refractivity contribution in [3.8, 4) is 5.69 Å². The van der Waals surface area contributed by atoms with Gasteiger partial charge in [-0.15, -0.1) is 0 Å². The first-order valence-electron chi connectivity index (χ1n) is 3.83. The lowest BCUT2D eigenvalue weighted by Gasteiger charge is -1.91. The summed E-state index contributed by atoms with van der Waals surface area (Å²) in [6.45, 7) is 0. The van der Waals surface area contributed by atoms with Crippen molar-refractivity contribution in [2.75, 3.05) is 0 Å². The summed E-state index contributed by atoms with van der Waals surface area (Å²) in [5, 5.41) is 0. The smallest absolute Gasteiger partial charge is 0.213 e. The zero-order chi connectivity index (χ0) is 8.23. The number of hydrogen-bond donors (Lipinski definition) is 0. The molecule has 2 aromatic rings. The van der Waals surface area contributed by atoms with Gasteiger partial charge in [0.05, 0.1) is 0 Å². The highest BCUT2D eigenvalue weighted by atomic mass is 127. The van der Waals surface area contributed by atoms with Crippen molar-refractivity contribution in [3.05, 3.63) is 55.1 Å². The summed E-state index contributed by atoms with van der Waals surface area (Å²) in [6.07, 6.45) is 7.59. The molecule has 0 atom stereocenters. The summed E-state index contributed by atoms with van der Waals surface area (Å²) < 4.78 is 2.04. The van der Waals surface area contributed by atoms with E-state index >= 15 is 0 Å². The van der Waals surface area contributed by atoms with Crippen LogP contribution in [0.15, 0.2) is 55.1 Å². The first-order valence-corrected chi connectivity index (χ1v) is 3.83. The number of halogens is 1. The van der Waals surface area contributed by atoms with Crippen molar-refractivity contribution in [2.24, 2.45) is 0 Å². The van der Waals surface area contributed by atoms with Gasteiger partial charge in [0, 0.05) is 36.7 Å². The lowest BCUT2D eigenvalue weighted by atomic mass is 10.4. The maximum atomic E-state index is 3.96. The Morgan fingerprint density at radius 3 is 2.15 bits per heavy atom. The summed E-state index contributed by atoms with van der Waals surface area (Å²) in [4.78, 5) is 3.96. The van der Waals surface area contributed by atoms with Gasteiger partial charge in [0.1, 0.15) is 0 Å². The zero-order valence-electron chi connectivity index (χ0n) is 6.97. The fraction of sp³-hybridized carbons (Fsp3) is 0. The quantitative estimate of drug-likeness (QED) is 0.453. The predicted octanol–water partition coefficient (Wildman–Crippen LogP) is -1.64. The van der Waals surface area contributed by atoms with E-state index in [0.29, 0.717) is 0 Å². The molecular formula is C10H9IN2. The van der Waals surface area contributed by atoms with Gasteiger partial charge in [-0.1, -0.05) is 6.07 Å². The highest BCUT2D eigenvalue weighted by Crippen LogP contribution is 1.93. The van der Waals surface area contributed by atoms with E-state index in [-0.39, 0.29) is 24.0 Å². The first-order chi connectivity index (χ1) is 5.97. The Morgan fingerprint density at radius 1 is 0.923 bits per heavy atom. The Kier molecular flexibility index (Phi) is 3.82. The number of rotatable bonds is 1. The largest absolute Gasteiger partial charge is 1.00 e. The van der Waals surface area contributed by atoms with Gasteiger partial charge in [-0.3, -0.25) is 4.98 Å². The lowest BCUT2D eigenvalue weighted by Crippen LogP contribution is -3.00. The SMILES string of the molecule is [I-].c1cc[n+](-c2ccncc2)cc1. The van der Waals surface area contributed by atoms with Crippen LogP contribution in [0.5, 0.6) is 0 Å². The molecule has 0 aliphatic rings. The second-order valence-corrected chi connectivity index (χ2v) is 2.49. The monoisotopic (exact) mass is 284 g/mol. The number of nitrogens with zero attached hydrogens (tertiary/aromatic N) is 2. The molecular weight excluding hydrogens is 275 g/mol. The van der Waals surface area contributed by atoms with Crippen molar-refractivity contribution < 1.29 is 28.5 Å². The highest BCUT2D eigenvalue weighted by Gasteiger charge is 2.00. The molecule has 0 fully saturated rings. The standard InChI is InChI=1S/C10H9N2.HI/c1-2-8-12(9-3-1)10-4-6-11-7-5-10;/h1-9H;1H/q+1;/p-1. The molecule has 0 saturated carbocycles. The van der Waals surface area contributed by atoms with Gasteiger partial charge in [0.2, 0.25) is 5.69 Å². The molecule has 0 saturated heterocycles. The molecule has 2 heterocycles. The molecule has 0 aromatic carbocycles. The van der Waals surface area contributed by atoms with E-state index in [9.17, 15) is 0 Å². The van der Waals surface area contributed by atoms with Gasteiger partial charge in [0.25, 0.3) is 0 Å². The second-order valence-electron chi connectivity index (χ2n) is 2.49. The van der Waals surface area contributed by atoms with Crippen LogP contribution in [-0.4, -0.2) is 4.98 Å². The molecule has 0 radical (unpaired) electrons. The van der Waals surface area contributed by atoms with E-state index in [4.69, 9.17) is 0 Å². The normalized spacial score (nSPS) is 8.92. The van der Waals surface area contributed by atoms with Crippen molar-refractivity contribution >= 4 is 0 Å². The second kappa shape index (κ2) is 4.91. The Labute approximate surface area is 94.3 Å². The van der Waals surface area contributed by atoms with Crippen LogP contribution in [0.1, 0.15) is 0 Å². The van der Waals surface area contributed by atoms with Gasteiger partial charge in [-0.2, -0.15) is 4.57 Å². The molecule has 2 aromatic heterocycles. The average molecular weight is 284 g/mol. The van der Waals surface area contributed by atoms with Gasteiger partial charge >= 0.3 is 0 Å².